The zero-order valence-corrected chi connectivity index (χ0v) is 12.7. The third kappa shape index (κ3) is 2.38. The molecular formula is C16H11IN2O. The average Bonchev–Trinajstić information content (AvgIpc) is 2.47. The van der Waals surface area contributed by atoms with Gasteiger partial charge in [-0.25, -0.2) is 4.98 Å². The SMILES string of the molecule is Nc1cccc2ccc(C(=O)c3ccc(I)cc3)nc12. The minimum absolute atomic E-state index is 0.0912. The molecule has 2 aromatic carbocycles. The number of aromatic nitrogens is 1. The van der Waals surface area contributed by atoms with Crippen molar-refractivity contribution in [3.8, 4) is 0 Å². The van der Waals surface area contributed by atoms with Gasteiger partial charge in [-0.3, -0.25) is 4.79 Å². The molecular weight excluding hydrogens is 363 g/mol. The quantitative estimate of drug-likeness (QED) is 0.423. The highest BCUT2D eigenvalue weighted by Gasteiger charge is 2.11. The third-order valence-corrected chi connectivity index (χ3v) is 3.81. The summed E-state index contributed by atoms with van der Waals surface area (Å²) < 4.78 is 1.09. The second-order valence-corrected chi connectivity index (χ2v) is 5.70. The van der Waals surface area contributed by atoms with Crippen molar-refractivity contribution in [1.29, 1.82) is 0 Å². The van der Waals surface area contributed by atoms with Gasteiger partial charge in [0, 0.05) is 14.5 Å². The van der Waals surface area contributed by atoms with E-state index in [1.54, 1.807) is 12.1 Å². The number of halogens is 1. The number of pyridine rings is 1. The van der Waals surface area contributed by atoms with Crippen molar-refractivity contribution in [1.82, 2.24) is 4.98 Å². The molecule has 0 aliphatic carbocycles. The van der Waals surface area contributed by atoms with Gasteiger partial charge in [-0.15, -0.1) is 0 Å². The second kappa shape index (κ2) is 5.20. The Bertz CT molecular complexity index is 797. The standard InChI is InChI=1S/C16H11IN2O/c17-12-7-4-11(5-8-12)16(20)14-9-6-10-2-1-3-13(18)15(10)19-14/h1-9H,18H2. The number of fused-ring (bicyclic) bond motifs is 1. The maximum Gasteiger partial charge on any atom is 0.211 e. The number of anilines is 1. The first-order chi connectivity index (χ1) is 9.65. The van der Waals surface area contributed by atoms with Crippen LogP contribution in [0.15, 0.2) is 54.6 Å². The van der Waals surface area contributed by atoms with Gasteiger partial charge >= 0.3 is 0 Å². The Morgan fingerprint density at radius 2 is 1.75 bits per heavy atom. The van der Waals surface area contributed by atoms with Crippen molar-refractivity contribution in [2.45, 2.75) is 0 Å². The van der Waals surface area contributed by atoms with E-state index < -0.39 is 0 Å². The van der Waals surface area contributed by atoms with Gasteiger partial charge in [0.15, 0.2) is 0 Å². The topological polar surface area (TPSA) is 56.0 Å². The molecule has 1 heterocycles. The Balaban J connectivity index is 2.08. The minimum Gasteiger partial charge on any atom is -0.397 e. The molecule has 0 atom stereocenters. The number of benzene rings is 2. The van der Waals surface area contributed by atoms with E-state index in [1.165, 1.54) is 0 Å². The number of rotatable bonds is 2. The Labute approximate surface area is 130 Å². The fourth-order valence-electron chi connectivity index (χ4n) is 2.05. The van der Waals surface area contributed by atoms with Gasteiger partial charge in [-0.2, -0.15) is 0 Å². The normalized spacial score (nSPS) is 10.7. The molecule has 0 radical (unpaired) electrons. The summed E-state index contributed by atoms with van der Waals surface area (Å²) in [6, 6.07) is 16.6. The highest BCUT2D eigenvalue weighted by atomic mass is 127. The predicted molar refractivity (Wildman–Crippen MR) is 88.7 cm³/mol. The van der Waals surface area contributed by atoms with E-state index in [0.29, 0.717) is 22.5 Å². The van der Waals surface area contributed by atoms with Gasteiger partial charge in [0.1, 0.15) is 5.69 Å². The van der Waals surface area contributed by atoms with E-state index >= 15 is 0 Å². The summed E-state index contributed by atoms with van der Waals surface area (Å²) in [5.74, 6) is -0.0912. The Hall–Kier alpha value is -1.95. The summed E-state index contributed by atoms with van der Waals surface area (Å²) in [7, 11) is 0. The number of ketones is 1. The monoisotopic (exact) mass is 374 g/mol. The molecule has 1 aromatic heterocycles. The largest absolute Gasteiger partial charge is 0.397 e. The number of nitrogens with two attached hydrogens (primary N) is 1. The number of nitrogens with zero attached hydrogens (tertiary/aromatic N) is 1. The molecule has 0 unspecified atom stereocenters. The van der Waals surface area contributed by atoms with Crippen molar-refractivity contribution >= 4 is 45.0 Å². The fourth-order valence-corrected chi connectivity index (χ4v) is 2.41. The lowest BCUT2D eigenvalue weighted by Gasteiger charge is -2.05. The van der Waals surface area contributed by atoms with E-state index in [2.05, 4.69) is 27.6 Å². The van der Waals surface area contributed by atoms with Crippen LogP contribution in [0.5, 0.6) is 0 Å². The number of para-hydroxylation sites is 1. The van der Waals surface area contributed by atoms with E-state index in [-0.39, 0.29) is 5.78 Å². The van der Waals surface area contributed by atoms with E-state index in [1.807, 2.05) is 42.5 Å². The number of hydrogen-bond acceptors (Lipinski definition) is 3. The van der Waals surface area contributed by atoms with E-state index in [9.17, 15) is 4.79 Å². The molecule has 0 saturated heterocycles. The van der Waals surface area contributed by atoms with Crippen LogP contribution in [-0.2, 0) is 0 Å². The maximum absolute atomic E-state index is 12.4. The van der Waals surface area contributed by atoms with Crippen molar-refractivity contribution < 1.29 is 4.79 Å². The number of nitrogen functional groups attached to an aromatic ring is 1. The molecule has 0 spiro atoms. The molecule has 0 bridgehead atoms. The van der Waals surface area contributed by atoms with Gasteiger partial charge in [0.2, 0.25) is 5.78 Å². The van der Waals surface area contributed by atoms with Crippen LogP contribution in [-0.4, -0.2) is 10.8 Å². The molecule has 0 saturated carbocycles. The van der Waals surface area contributed by atoms with Crippen molar-refractivity contribution in [3.05, 3.63) is 69.4 Å². The molecule has 4 heteroatoms. The zero-order valence-electron chi connectivity index (χ0n) is 10.5. The molecule has 3 nitrogen and oxygen atoms in total. The molecule has 0 fully saturated rings. The Kier molecular flexibility index (Phi) is 3.40. The van der Waals surface area contributed by atoms with Crippen LogP contribution in [0.25, 0.3) is 10.9 Å². The van der Waals surface area contributed by atoms with Crippen LogP contribution in [0.3, 0.4) is 0 Å². The maximum atomic E-state index is 12.4. The first-order valence-corrected chi connectivity index (χ1v) is 7.18. The van der Waals surface area contributed by atoms with Gasteiger partial charge in [-0.05, 0) is 59.0 Å². The summed E-state index contributed by atoms with van der Waals surface area (Å²) in [5, 5.41) is 0.934. The molecule has 2 N–H and O–H groups in total. The lowest BCUT2D eigenvalue weighted by molar-refractivity contribution is 0.103. The lowest BCUT2D eigenvalue weighted by atomic mass is 10.1. The number of carbonyl (C=O) groups is 1. The van der Waals surface area contributed by atoms with Gasteiger partial charge in [0.25, 0.3) is 0 Å². The van der Waals surface area contributed by atoms with Gasteiger partial charge in [-0.1, -0.05) is 18.2 Å². The number of carbonyl (C=O) groups excluding carboxylic acids is 1. The molecule has 98 valence electrons. The molecule has 20 heavy (non-hydrogen) atoms. The van der Waals surface area contributed by atoms with Gasteiger partial charge < -0.3 is 5.73 Å². The highest BCUT2D eigenvalue weighted by molar-refractivity contribution is 14.1. The van der Waals surface area contributed by atoms with Crippen LogP contribution in [0.2, 0.25) is 0 Å². The van der Waals surface area contributed by atoms with E-state index in [4.69, 9.17) is 5.73 Å². The van der Waals surface area contributed by atoms with E-state index in [0.717, 1.165) is 8.96 Å². The third-order valence-electron chi connectivity index (χ3n) is 3.09. The minimum atomic E-state index is -0.0912. The van der Waals surface area contributed by atoms with Crippen LogP contribution in [0.1, 0.15) is 16.1 Å². The van der Waals surface area contributed by atoms with Crippen LogP contribution in [0.4, 0.5) is 5.69 Å². The number of hydrogen-bond donors (Lipinski definition) is 1. The highest BCUT2D eigenvalue weighted by Crippen LogP contribution is 2.20. The Morgan fingerprint density at radius 3 is 2.50 bits per heavy atom. The second-order valence-electron chi connectivity index (χ2n) is 4.45. The van der Waals surface area contributed by atoms with Crippen molar-refractivity contribution in [2.24, 2.45) is 0 Å². The summed E-state index contributed by atoms with van der Waals surface area (Å²) >= 11 is 2.21. The molecule has 3 aromatic rings. The molecule has 0 aliphatic heterocycles. The van der Waals surface area contributed by atoms with Gasteiger partial charge in [0.05, 0.1) is 11.2 Å². The summed E-state index contributed by atoms with van der Waals surface area (Å²) in [5.41, 5.74) is 8.21. The molecule has 0 amide bonds. The van der Waals surface area contributed by atoms with Crippen molar-refractivity contribution in [3.63, 3.8) is 0 Å². The molecule has 3 rings (SSSR count). The zero-order chi connectivity index (χ0) is 14.1. The summed E-state index contributed by atoms with van der Waals surface area (Å²) in [6.45, 7) is 0. The fraction of sp³-hybridized carbons (Fsp3) is 0. The van der Waals surface area contributed by atoms with Crippen LogP contribution < -0.4 is 5.73 Å². The lowest BCUT2D eigenvalue weighted by Crippen LogP contribution is -2.04. The van der Waals surface area contributed by atoms with Crippen molar-refractivity contribution in [2.75, 3.05) is 5.73 Å². The average molecular weight is 374 g/mol. The van der Waals surface area contributed by atoms with Crippen LogP contribution in [0, 0.1) is 3.57 Å². The Morgan fingerprint density at radius 1 is 1.00 bits per heavy atom. The first-order valence-electron chi connectivity index (χ1n) is 6.11. The van der Waals surface area contributed by atoms with Crippen LogP contribution >= 0.6 is 22.6 Å². The predicted octanol–water partition coefficient (Wildman–Crippen LogP) is 3.65. The summed E-state index contributed by atoms with van der Waals surface area (Å²) in [4.78, 5) is 16.8. The first kappa shape index (κ1) is 13.1. The molecule has 0 aliphatic rings. The summed E-state index contributed by atoms with van der Waals surface area (Å²) in [6.07, 6.45) is 0. The smallest absolute Gasteiger partial charge is 0.211 e.